The lowest BCUT2D eigenvalue weighted by molar-refractivity contribution is 0.293. The Balaban J connectivity index is 1.67. The normalized spacial score (nSPS) is 17.3. The number of aromatic nitrogens is 2. The van der Waals surface area contributed by atoms with Gasteiger partial charge in [-0.25, -0.2) is 4.98 Å². The fourth-order valence-corrected chi connectivity index (χ4v) is 4.02. The number of aryl methyl sites for hydroxylation is 1. The van der Waals surface area contributed by atoms with Gasteiger partial charge in [0.15, 0.2) is 0 Å². The first-order valence-electron chi connectivity index (χ1n) is 9.14. The van der Waals surface area contributed by atoms with Gasteiger partial charge in [-0.1, -0.05) is 49.6 Å². The number of imidazole rings is 1. The number of hydrogen-bond donors (Lipinski definition) is 2. The van der Waals surface area contributed by atoms with E-state index in [1.54, 1.807) is 0 Å². The average Bonchev–Trinajstić information content (AvgIpc) is 3.05. The molecule has 3 rings (SSSR count). The van der Waals surface area contributed by atoms with Gasteiger partial charge in [-0.2, -0.15) is 0 Å². The van der Waals surface area contributed by atoms with Crippen molar-refractivity contribution >= 4 is 0 Å². The lowest BCUT2D eigenvalue weighted by Crippen LogP contribution is -2.17. The largest absolute Gasteiger partial charge is 0.346 e. The van der Waals surface area contributed by atoms with E-state index in [9.17, 15) is 0 Å². The molecule has 124 valence electrons. The standard InChI is InChI=1S/C20H29N3/c21-14-13-18-15-22-20(23-18)12-11-19(16-7-3-1-4-8-16)17-9-5-2-6-10-17/h1,3-4,7-8,15,17,19H,2,5-6,9-14,21H2,(H,22,23). The van der Waals surface area contributed by atoms with Gasteiger partial charge in [0.2, 0.25) is 0 Å². The molecule has 0 spiro atoms. The first-order valence-corrected chi connectivity index (χ1v) is 9.14. The zero-order valence-electron chi connectivity index (χ0n) is 14.0. The number of aromatic amines is 1. The second-order valence-electron chi connectivity index (χ2n) is 6.85. The second kappa shape index (κ2) is 8.30. The summed E-state index contributed by atoms with van der Waals surface area (Å²) in [5.41, 5.74) is 8.29. The minimum Gasteiger partial charge on any atom is -0.346 e. The van der Waals surface area contributed by atoms with Crippen molar-refractivity contribution in [1.29, 1.82) is 0 Å². The van der Waals surface area contributed by atoms with E-state index in [0.717, 1.165) is 30.3 Å². The Kier molecular flexibility index (Phi) is 5.87. The topological polar surface area (TPSA) is 54.7 Å². The predicted octanol–water partition coefficient (Wildman–Crippen LogP) is 4.21. The van der Waals surface area contributed by atoms with Crippen molar-refractivity contribution in [2.24, 2.45) is 11.7 Å². The summed E-state index contributed by atoms with van der Waals surface area (Å²) in [7, 11) is 0. The highest BCUT2D eigenvalue weighted by Gasteiger charge is 2.25. The lowest BCUT2D eigenvalue weighted by Gasteiger charge is -2.30. The molecule has 1 aliphatic rings. The van der Waals surface area contributed by atoms with Crippen LogP contribution in [-0.4, -0.2) is 16.5 Å². The minimum atomic E-state index is 0.666. The molecule has 1 unspecified atom stereocenters. The maximum Gasteiger partial charge on any atom is 0.106 e. The van der Waals surface area contributed by atoms with E-state index in [1.165, 1.54) is 44.1 Å². The van der Waals surface area contributed by atoms with Gasteiger partial charge in [-0.3, -0.25) is 0 Å². The zero-order chi connectivity index (χ0) is 15.9. The first kappa shape index (κ1) is 16.3. The maximum absolute atomic E-state index is 5.62. The summed E-state index contributed by atoms with van der Waals surface area (Å²) in [4.78, 5) is 7.97. The molecule has 3 nitrogen and oxygen atoms in total. The molecule has 3 heteroatoms. The summed E-state index contributed by atoms with van der Waals surface area (Å²) in [5, 5.41) is 0. The molecule has 0 radical (unpaired) electrons. The third kappa shape index (κ3) is 4.44. The van der Waals surface area contributed by atoms with E-state index in [2.05, 4.69) is 40.3 Å². The third-order valence-electron chi connectivity index (χ3n) is 5.23. The molecule has 0 saturated heterocycles. The van der Waals surface area contributed by atoms with Crippen molar-refractivity contribution in [3.63, 3.8) is 0 Å². The number of hydrogen-bond acceptors (Lipinski definition) is 2. The Morgan fingerprint density at radius 1 is 1.09 bits per heavy atom. The first-order chi connectivity index (χ1) is 11.4. The number of nitrogens with two attached hydrogens (primary N) is 1. The van der Waals surface area contributed by atoms with Crippen LogP contribution in [0.1, 0.15) is 61.5 Å². The fourth-order valence-electron chi connectivity index (χ4n) is 4.02. The third-order valence-corrected chi connectivity index (χ3v) is 5.23. The molecule has 3 N–H and O–H groups in total. The van der Waals surface area contributed by atoms with E-state index in [-0.39, 0.29) is 0 Å². The van der Waals surface area contributed by atoms with Gasteiger partial charge in [-0.15, -0.1) is 0 Å². The summed E-state index contributed by atoms with van der Waals surface area (Å²) in [5.74, 6) is 2.62. The second-order valence-corrected chi connectivity index (χ2v) is 6.85. The summed E-state index contributed by atoms with van der Waals surface area (Å²) in [6, 6.07) is 11.1. The molecule has 1 fully saturated rings. The van der Waals surface area contributed by atoms with Gasteiger partial charge in [0, 0.05) is 24.7 Å². The monoisotopic (exact) mass is 311 g/mol. The van der Waals surface area contributed by atoms with Crippen LogP contribution in [-0.2, 0) is 12.8 Å². The van der Waals surface area contributed by atoms with E-state index in [1.807, 2.05) is 6.20 Å². The van der Waals surface area contributed by atoms with Crippen molar-refractivity contribution < 1.29 is 0 Å². The van der Waals surface area contributed by atoms with Gasteiger partial charge in [-0.05, 0) is 43.2 Å². The van der Waals surface area contributed by atoms with Gasteiger partial charge < -0.3 is 10.7 Å². The molecular formula is C20H29N3. The summed E-state index contributed by atoms with van der Waals surface area (Å²) in [6.07, 6.45) is 12.0. The van der Waals surface area contributed by atoms with Crippen LogP contribution in [0.3, 0.4) is 0 Å². The lowest BCUT2D eigenvalue weighted by atomic mass is 9.75. The van der Waals surface area contributed by atoms with E-state index in [4.69, 9.17) is 5.73 Å². The van der Waals surface area contributed by atoms with Gasteiger partial charge >= 0.3 is 0 Å². The van der Waals surface area contributed by atoms with Crippen LogP contribution in [0.25, 0.3) is 0 Å². The quantitative estimate of drug-likeness (QED) is 0.805. The molecule has 1 saturated carbocycles. The summed E-state index contributed by atoms with van der Waals surface area (Å²) >= 11 is 0. The fraction of sp³-hybridized carbons (Fsp3) is 0.550. The van der Waals surface area contributed by atoms with Crippen LogP contribution in [0.5, 0.6) is 0 Å². The smallest absolute Gasteiger partial charge is 0.106 e. The minimum absolute atomic E-state index is 0.666. The Morgan fingerprint density at radius 3 is 2.61 bits per heavy atom. The molecule has 1 aliphatic carbocycles. The van der Waals surface area contributed by atoms with Crippen LogP contribution in [0.4, 0.5) is 0 Å². The van der Waals surface area contributed by atoms with Crippen LogP contribution in [0, 0.1) is 5.92 Å². The average molecular weight is 311 g/mol. The van der Waals surface area contributed by atoms with Crippen LogP contribution < -0.4 is 5.73 Å². The van der Waals surface area contributed by atoms with E-state index in [0.29, 0.717) is 12.5 Å². The highest BCUT2D eigenvalue weighted by atomic mass is 14.9. The number of H-pyrrole nitrogens is 1. The number of rotatable bonds is 7. The predicted molar refractivity (Wildman–Crippen MR) is 95.4 cm³/mol. The summed E-state index contributed by atoms with van der Waals surface area (Å²) in [6.45, 7) is 0.677. The zero-order valence-corrected chi connectivity index (χ0v) is 14.0. The highest BCUT2D eigenvalue weighted by Crippen LogP contribution is 2.38. The molecule has 1 aromatic heterocycles. The Morgan fingerprint density at radius 2 is 1.87 bits per heavy atom. The van der Waals surface area contributed by atoms with E-state index < -0.39 is 0 Å². The Bertz CT molecular complexity index is 570. The summed E-state index contributed by atoms with van der Waals surface area (Å²) < 4.78 is 0. The van der Waals surface area contributed by atoms with Gasteiger partial charge in [0.25, 0.3) is 0 Å². The van der Waals surface area contributed by atoms with Gasteiger partial charge in [0.1, 0.15) is 5.82 Å². The van der Waals surface area contributed by atoms with Crippen LogP contribution in [0.15, 0.2) is 36.5 Å². The molecular weight excluding hydrogens is 282 g/mol. The molecule has 23 heavy (non-hydrogen) atoms. The number of benzene rings is 1. The maximum atomic E-state index is 5.62. The van der Waals surface area contributed by atoms with Crippen LogP contribution >= 0.6 is 0 Å². The van der Waals surface area contributed by atoms with Crippen molar-refractivity contribution in [3.8, 4) is 0 Å². The molecule has 0 aliphatic heterocycles. The number of nitrogens with one attached hydrogen (secondary N) is 1. The van der Waals surface area contributed by atoms with E-state index >= 15 is 0 Å². The van der Waals surface area contributed by atoms with Gasteiger partial charge in [0.05, 0.1) is 0 Å². The molecule has 1 heterocycles. The molecule has 1 atom stereocenters. The van der Waals surface area contributed by atoms with Crippen molar-refractivity contribution in [3.05, 3.63) is 53.6 Å². The van der Waals surface area contributed by atoms with Crippen molar-refractivity contribution in [1.82, 2.24) is 9.97 Å². The van der Waals surface area contributed by atoms with Crippen molar-refractivity contribution in [2.75, 3.05) is 6.54 Å². The highest BCUT2D eigenvalue weighted by molar-refractivity contribution is 5.21. The molecule has 2 aromatic rings. The SMILES string of the molecule is NCCc1cnc(CCC(c2ccccc2)C2CCCCC2)[nH]1. The molecule has 0 bridgehead atoms. The van der Waals surface area contributed by atoms with Crippen LogP contribution in [0.2, 0.25) is 0 Å². The molecule has 0 amide bonds. The molecule has 1 aromatic carbocycles. The Labute approximate surface area is 139 Å². The Hall–Kier alpha value is -1.61. The van der Waals surface area contributed by atoms with Crippen molar-refractivity contribution in [2.45, 2.75) is 57.3 Å². The number of nitrogens with zero attached hydrogens (tertiary/aromatic N) is 1.